The predicted octanol–water partition coefficient (Wildman–Crippen LogP) is 1.66. The van der Waals surface area contributed by atoms with Crippen molar-refractivity contribution >= 4 is 5.91 Å². The second-order valence-corrected chi connectivity index (χ2v) is 4.40. The number of halogens is 3. The van der Waals surface area contributed by atoms with Gasteiger partial charge in [-0.25, -0.2) is 0 Å². The Morgan fingerprint density at radius 3 is 2.41 bits per heavy atom. The number of hydrogen-bond acceptors (Lipinski definition) is 2. The van der Waals surface area contributed by atoms with E-state index >= 15 is 0 Å². The quantitative estimate of drug-likeness (QED) is 0.696. The summed E-state index contributed by atoms with van der Waals surface area (Å²) in [6, 6.07) is -0.518. The van der Waals surface area contributed by atoms with Gasteiger partial charge in [0, 0.05) is 31.7 Å². The van der Waals surface area contributed by atoms with Crippen molar-refractivity contribution in [1.29, 1.82) is 0 Å². The van der Waals surface area contributed by atoms with Gasteiger partial charge in [-0.2, -0.15) is 13.2 Å². The minimum atomic E-state index is -4.78. The zero-order valence-corrected chi connectivity index (χ0v) is 10.00. The van der Waals surface area contributed by atoms with Gasteiger partial charge < -0.3 is 4.90 Å². The summed E-state index contributed by atoms with van der Waals surface area (Å²) in [5, 5.41) is 0. The third-order valence-corrected chi connectivity index (χ3v) is 2.98. The van der Waals surface area contributed by atoms with Gasteiger partial charge in [0.15, 0.2) is 0 Å². The van der Waals surface area contributed by atoms with E-state index in [0.717, 1.165) is 4.90 Å². The van der Waals surface area contributed by atoms with Crippen molar-refractivity contribution in [3.8, 4) is 0 Å². The monoisotopic (exact) mass is 250 g/mol. The lowest BCUT2D eigenvalue weighted by atomic mass is 10.1. The number of alkyl halides is 3. The van der Waals surface area contributed by atoms with Crippen LogP contribution in [0, 0.1) is 0 Å². The first-order valence-corrected chi connectivity index (χ1v) is 5.50. The first-order chi connectivity index (χ1) is 7.77. The molecule has 1 saturated heterocycles. The molecule has 1 aliphatic heterocycles. The molecule has 17 heavy (non-hydrogen) atoms. The average Bonchev–Trinajstić information content (AvgIpc) is 2.21. The van der Waals surface area contributed by atoms with Gasteiger partial charge in [-0.15, -0.1) is 6.58 Å². The summed E-state index contributed by atoms with van der Waals surface area (Å²) in [6.45, 7) is 8.22. The van der Waals surface area contributed by atoms with Crippen LogP contribution in [-0.4, -0.2) is 53.6 Å². The van der Waals surface area contributed by atoms with Crippen LogP contribution in [0.4, 0.5) is 13.2 Å². The van der Waals surface area contributed by atoms with Crippen molar-refractivity contribution < 1.29 is 18.0 Å². The van der Waals surface area contributed by atoms with Crippen molar-refractivity contribution in [2.45, 2.75) is 32.1 Å². The van der Waals surface area contributed by atoms with Gasteiger partial charge in [0.1, 0.15) is 0 Å². The molecular weight excluding hydrogens is 233 g/mol. The van der Waals surface area contributed by atoms with Gasteiger partial charge in [0.05, 0.1) is 0 Å². The van der Waals surface area contributed by atoms with Crippen molar-refractivity contribution in [1.82, 2.24) is 9.80 Å². The molecule has 98 valence electrons. The van der Waals surface area contributed by atoms with E-state index in [1.54, 1.807) is 13.0 Å². The van der Waals surface area contributed by atoms with Crippen molar-refractivity contribution in [2.24, 2.45) is 0 Å². The molecule has 6 heteroatoms. The van der Waals surface area contributed by atoms with Gasteiger partial charge in [-0.3, -0.25) is 9.69 Å². The second-order valence-electron chi connectivity index (χ2n) is 4.40. The Labute approximate surface area is 98.9 Å². The molecule has 0 aromatic heterocycles. The maximum atomic E-state index is 12.4. The summed E-state index contributed by atoms with van der Waals surface area (Å²) in [7, 11) is 0. The molecule has 2 atom stereocenters. The zero-order chi connectivity index (χ0) is 13.2. The van der Waals surface area contributed by atoms with Crippen molar-refractivity contribution in [3.05, 3.63) is 12.7 Å². The Morgan fingerprint density at radius 1 is 1.35 bits per heavy atom. The summed E-state index contributed by atoms with van der Waals surface area (Å²) in [5.74, 6) is -1.74. The molecule has 1 aliphatic rings. The highest BCUT2D eigenvalue weighted by molar-refractivity contribution is 5.82. The molecule has 1 rings (SSSR count). The molecule has 0 saturated carbocycles. The fourth-order valence-corrected chi connectivity index (χ4v) is 2.06. The fraction of sp³-hybridized carbons (Fsp3) is 0.727. The molecule has 0 aromatic carbocycles. The Kier molecular flexibility index (Phi) is 4.19. The summed E-state index contributed by atoms with van der Waals surface area (Å²) in [4.78, 5) is 14.1. The molecule has 0 N–H and O–H groups in total. The predicted molar refractivity (Wildman–Crippen MR) is 58.5 cm³/mol. The molecule has 0 radical (unpaired) electrons. The van der Waals surface area contributed by atoms with E-state index in [9.17, 15) is 18.0 Å². The lowest BCUT2D eigenvalue weighted by Crippen LogP contribution is -2.60. The van der Waals surface area contributed by atoms with Crippen LogP contribution in [0.1, 0.15) is 13.8 Å². The molecular formula is C11H17F3N2O. The first kappa shape index (κ1) is 14.0. The van der Waals surface area contributed by atoms with Crippen LogP contribution >= 0.6 is 0 Å². The standard InChI is InChI=1S/C11H17F3N2O/c1-4-5-15-6-9(3)16(7-8(15)2)10(17)11(12,13)14/h4,8-9H,1,5-7H2,2-3H3/t8-,9+/m1/s1. The van der Waals surface area contributed by atoms with E-state index in [1.165, 1.54) is 0 Å². The number of carbonyl (C=O) groups is 1. The zero-order valence-electron chi connectivity index (χ0n) is 10.00. The van der Waals surface area contributed by atoms with E-state index in [4.69, 9.17) is 0 Å². The molecule has 0 aliphatic carbocycles. The van der Waals surface area contributed by atoms with Crippen LogP contribution in [0.25, 0.3) is 0 Å². The Bertz CT molecular complexity index is 304. The highest BCUT2D eigenvalue weighted by atomic mass is 19.4. The van der Waals surface area contributed by atoms with Gasteiger partial charge >= 0.3 is 12.1 Å². The van der Waals surface area contributed by atoms with Crippen LogP contribution in [0.2, 0.25) is 0 Å². The highest BCUT2D eigenvalue weighted by Gasteiger charge is 2.45. The molecule has 1 fully saturated rings. The van der Waals surface area contributed by atoms with Crippen LogP contribution < -0.4 is 0 Å². The number of amides is 1. The first-order valence-electron chi connectivity index (χ1n) is 5.50. The van der Waals surface area contributed by atoms with E-state index in [-0.39, 0.29) is 12.6 Å². The fourth-order valence-electron chi connectivity index (χ4n) is 2.06. The Balaban J connectivity index is 2.73. The number of carbonyl (C=O) groups excluding carboxylic acids is 1. The number of hydrogen-bond donors (Lipinski definition) is 0. The van der Waals surface area contributed by atoms with Gasteiger partial charge in [-0.05, 0) is 13.8 Å². The van der Waals surface area contributed by atoms with Crippen LogP contribution in [0.15, 0.2) is 12.7 Å². The topological polar surface area (TPSA) is 23.6 Å². The van der Waals surface area contributed by atoms with Gasteiger partial charge in [0.25, 0.3) is 0 Å². The summed E-state index contributed by atoms with van der Waals surface area (Å²) in [5.41, 5.74) is 0. The average molecular weight is 250 g/mol. The lowest BCUT2D eigenvalue weighted by Gasteiger charge is -2.43. The Hall–Kier alpha value is -1.04. The van der Waals surface area contributed by atoms with Crippen LogP contribution in [0.3, 0.4) is 0 Å². The van der Waals surface area contributed by atoms with Gasteiger partial charge in [0.2, 0.25) is 0 Å². The smallest absolute Gasteiger partial charge is 0.329 e. The SMILES string of the molecule is C=CCN1C[C@H](C)N(C(=O)C(F)(F)F)C[C@H]1C. The van der Waals surface area contributed by atoms with Gasteiger partial charge in [-0.1, -0.05) is 6.08 Å². The normalized spacial score (nSPS) is 27.0. The molecule has 0 unspecified atom stereocenters. The largest absolute Gasteiger partial charge is 0.471 e. The second kappa shape index (κ2) is 5.08. The van der Waals surface area contributed by atoms with Crippen LogP contribution in [0.5, 0.6) is 0 Å². The summed E-state index contributed by atoms with van der Waals surface area (Å²) in [6.07, 6.45) is -3.07. The third kappa shape index (κ3) is 3.21. The van der Waals surface area contributed by atoms with Crippen molar-refractivity contribution in [3.63, 3.8) is 0 Å². The summed E-state index contributed by atoms with van der Waals surface area (Å²) >= 11 is 0. The van der Waals surface area contributed by atoms with Crippen molar-refractivity contribution in [2.75, 3.05) is 19.6 Å². The maximum Gasteiger partial charge on any atom is 0.471 e. The van der Waals surface area contributed by atoms with E-state index in [1.807, 2.05) is 11.8 Å². The molecule has 3 nitrogen and oxygen atoms in total. The summed E-state index contributed by atoms with van der Waals surface area (Å²) < 4.78 is 37.1. The Morgan fingerprint density at radius 2 is 1.94 bits per heavy atom. The maximum absolute atomic E-state index is 12.4. The van der Waals surface area contributed by atoms with E-state index in [0.29, 0.717) is 13.1 Å². The molecule has 1 heterocycles. The molecule has 1 amide bonds. The van der Waals surface area contributed by atoms with E-state index in [2.05, 4.69) is 6.58 Å². The third-order valence-electron chi connectivity index (χ3n) is 2.98. The molecule has 0 bridgehead atoms. The molecule has 0 spiro atoms. The minimum Gasteiger partial charge on any atom is -0.329 e. The van der Waals surface area contributed by atoms with Crippen LogP contribution in [-0.2, 0) is 4.79 Å². The number of rotatable bonds is 2. The number of nitrogens with zero attached hydrogens (tertiary/aromatic N) is 2. The van der Waals surface area contributed by atoms with E-state index < -0.39 is 18.1 Å². The number of piperazine rings is 1. The minimum absolute atomic E-state index is 0.0875. The highest BCUT2D eigenvalue weighted by Crippen LogP contribution is 2.23. The molecule has 0 aromatic rings. The lowest BCUT2D eigenvalue weighted by molar-refractivity contribution is -0.190.